The van der Waals surface area contributed by atoms with Crippen LogP contribution in [-0.2, 0) is 6.54 Å². The molecule has 4 aromatic rings. The van der Waals surface area contributed by atoms with Crippen LogP contribution in [0.5, 0.6) is 0 Å². The van der Waals surface area contributed by atoms with Gasteiger partial charge in [-0.15, -0.1) is 0 Å². The van der Waals surface area contributed by atoms with Gasteiger partial charge in [0.2, 0.25) is 0 Å². The number of nitrogens with zero attached hydrogens (tertiary/aromatic N) is 7. The van der Waals surface area contributed by atoms with E-state index in [1.165, 1.54) is 33.9 Å². The molecule has 1 aliphatic carbocycles. The van der Waals surface area contributed by atoms with Crippen LogP contribution in [0, 0.1) is 5.82 Å². The van der Waals surface area contributed by atoms with Gasteiger partial charge in [0.1, 0.15) is 17.5 Å². The average molecular weight is 478 g/mol. The molecule has 4 heterocycles. The van der Waals surface area contributed by atoms with Gasteiger partial charge in [-0.3, -0.25) is 18.8 Å². The van der Waals surface area contributed by atoms with E-state index in [0.717, 1.165) is 12.8 Å². The maximum absolute atomic E-state index is 13.3. The van der Waals surface area contributed by atoms with Gasteiger partial charge in [0.15, 0.2) is 5.65 Å². The van der Waals surface area contributed by atoms with E-state index in [0.29, 0.717) is 54.3 Å². The fraction of sp³-hybridized carbons (Fsp3) is 0.375. The average Bonchev–Trinajstić information content (AvgIpc) is 3.42. The smallest absolute Gasteiger partial charge is 0.264 e. The first-order chi connectivity index (χ1) is 16.9. The summed E-state index contributed by atoms with van der Waals surface area (Å²) in [6, 6.07) is 6.16. The molecule has 11 heteroatoms. The van der Waals surface area contributed by atoms with Gasteiger partial charge in [0.25, 0.3) is 11.5 Å². The molecule has 1 amide bonds. The zero-order valence-electron chi connectivity index (χ0n) is 18.9. The summed E-state index contributed by atoms with van der Waals surface area (Å²) in [5.74, 6) is -0.456. The number of piperidine rings is 1. The van der Waals surface area contributed by atoms with Crippen molar-refractivity contribution >= 4 is 16.9 Å². The van der Waals surface area contributed by atoms with Crippen LogP contribution in [0.1, 0.15) is 42.1 Å². The second kappa shape index (κ2) is 8.12. The van der Waals surface area contributed by atoms with Crippen LogP contribution in [0.15, 0.2) is 54.0 Å². The van der Waals surface area contributed by atoms with E-state index in [1.807, 2.05) is 4.68 Å². The minimum atomic E-state index is -1.14. The lowest BCUT2D eigenvalue weighted by atomic mass is 9.91. The van der Waals surface area contributed by atoms with Gasteiger partial charge in [0, 0.05) is 19.3 Å². The van der Waals surface area contributed by atoms with Crippen molar-refractivity contribution in [2.45, 2.75) is 43.9 Å². The Morgan fingerprint density at radius 3 is 2.57 bits per heavy atom. The van der Waals surface area contributed by atoms with E-state index in [4.69, 9.17) is 0 Å². The van der Waals surface area contributed by atoms with E-state index in [2.05, 4.69) is 15.2 Å². The number of halogens is 1. The molecule has 6 rings (SSSR count). The van der Waals surface area contributed by atoms with Crippen LogP contribution in [0.25, 0.3) is 16.7 Å². The monoisotopic (exact) mass is 477 g/mol. The van der Waals surface area contributed by atoms with Gasteiger partial charge in [-0.1, -0.05) is 0 Å². The summed E-state index contributed by atoms with van der Waals surface area (Å²) in [5, 5.41) is 20.0. The minimum absolute atomic E-state index is 0.0676. The molecule has 35 heavy (non-hydrogen) atoms. The standard InChI is InChI=1S/C24H24FN7O3/c25-17-1-3-19(4-2-17)32-21-20(12-28-32)23(34)30(15-26-21)14-24(35)7-9-29(10-8-24)22(33)16-11-27-31(13-16)18-5-6-18/h1-4,11-13,15,18,35H,5-10,14H2. The minimum Gasteiger partial charge on any atom is -0.388 e. The maximum atomic E-state index is 13.3. The SMILES string of the molecule is O=C(c1cnn(C2CC2)c1)N1CCC(O)(Cn2cnc3c(cnn3-c3ccc(F)cc3)c2=O)CC1. The first-order valence-electron chi connectivity index (χ1n) is 11.7. The van der Waals surface area contributed by atoms with Crippen molar-refractivity contribution in [1.82, 2.24) is 34.0 Å². The highest BCUT2D eigenvalue weighted by atomic mass is 19.1. The molecule has 2 aliphatic rings. The maximum Gasteiger partial charge on any atom is 0.264 e. The van der Waals surface area contributed by atoms with Crippen LogP contribution in [0.4, 0.5) is 4.39 Å². The van der Waals surface area contributed by atoms with Crippen LogP contribution < -0.4 is 5.56 Å². The number of aliphatic hydroxyl groups is 1. The zero-order valence-corrected chi connectivity index (χ0v) is 18.9. The Bertz CT molecular complexity index is 1460. The van der Waals surface area contributed by atoms with E-state index >= 15 is 0 Å². The van der Waals surface area contributed by atoms with E-state index in [-0.39, 0.29) is 23.8 Å². The molecule has 0 unspecified atom stereocenters. The fourth-order valence-electron chi connectivity index (χ4n) is 4.60. The molecule has 1 aliphatic heterocycles. The summed E-state index contributed by atoms with van der Waals surface area (Å²) in [5.41, 5.74) is 0.0525. The Balaban J connectivity index is 1.16. The Kier molecular flexibility index (Phi) is 5.03. The summed E-state index contributed by atoms with van der Waals surface area (Å²) < 4.78 is 18.0. The molecule has 2 fully saturated rings. The molecular weight excluding hydrogens is 453 g/mol. The highest BCUT2D eigenvalue weighted by Gasteiger charge is 2.35. The fourth-order valence-corrected chi connectivity index (χ4v) is 4.60. The molecule has 180 valence electrons. The lowest BCUT2D eigenvalue weighted by Gasteiger charge is -2.38. The molecule has 0 atom stereocenters. The lowest BCUT2D eigenvalue weighted by Crippen LogP contribution is -2.49. The first-order valence-corrected chi connectivity index (χ1v) is 11.7. The highest BCUT2D eigenvalue weighted by molar-refractivity contribution is 5.93. The third-order valence-electron chi connectivity index (χ3n) is 6.84. The number of benzene rings is 1. The van der Waals surface area contributed by atoms with Crippen molar-refractivity contribution in [2.75, 3.05) is 13.1 Å². The van der Waals surface area contributed by atoms with Gasteiger partial charge >= 0.3 is 0 Å². The number of hydrogen-bond donors (Lipinski definition) is 1. The molecule has 10 nitrogen and oxygen atoms in total. The third-order valence-corrected chi connectivity index (χ3v) is 6.84. The Hall–Kier alpha value is -3.86. The Morgan fingerprint density at radius 2 is 1.86 bits per heavy atom. The second-order valence-corrected chi connectivity index (χ2v) is 9.40. The summed E-state index contributed by atoms with van der Waals surface area (Å²) in [7, 11) is 0. The number of likely N-dealkylation sites (tertiary alicyclic amines) is 1. The second-order valence-electron chi connectivity index (χ2n) is 9.40. The number of amides is 1. The molecule has 3 aromatic heterocycles. The molecule has 1 aromatic carbocycles. The molecule has 0 spiro atoms. The molecular formula is C24H24FN7O3. The number of fused-ring (bicyclic) bond motifs is 1. The largest absolute Gasteiger partial charge is 0.388 e. The van der Waals surface area contributed by atoms with Crippen molar-refractivity contribution < 1.29 is 14.3 Å². The molecule has 1 saturated carbocycles. The Morgan fingerprint density at radius 1 is 1.11 bits per heavy atom. The van der Waals surface area contributed by atoms with E-state index in [9.17, 15) is 19.1 Å². The molecule has 0 bridgehead atoms. The molecule has 1 saturated heterocycles. The highest BCUT2D eigenvalue weighted by Crippen LogP contribution is 2.34. The number of aromatic nitrogens is 6. The van der Waals surface area contributed by atoms with Crippen LogP contribution in [-0.4, -0.2) is 63.7 Å². The van der Waals surface area contributed by atoms with Gasteiger partial charge < -0.3 is 10.0 Å². The zero-order chi connectivity index (χ0) is 24.2. The van der Waals surface area contributed by atoms with Crippen LogP contribution >= 0.6 is 0 Å². The third kappa shape index (κ3) is 4.01. The van der Waals surface area contributed by atoms with Gasteiger partial charge in [-0.05, 0) is 49.9 Å². The van der Waals surface area contributed by atoms with Crippen molar-refractivity contribution in [2.24, 2.45) is 0 Å². The van der Waals surface area contributed by atoms with Gasteiger partial charge in [-0.25, -0.2) is 14.1 Å². The lowest BCUT2D eigenvalue weighted by molar-refractivity contribution is -0.0299. The van der Waals surface area contributed by atoms with E-state index in [1.54, 1.807) is 29.4 Å². The molecule has 0 radical (unpaired) electrons. The number of carbonyl (C=O) groups is 1. The van der Waals surface area contributed by atoms with Crippen LogP contribution in [0.2, 0.25) is 0 Å². The van der Waals surface area contributed by atoms with Crippen molar-refractivity contribution in [3.05, 3.63) is 70.9 Å². The van der Waals surface area contributed by atoms with Gasteiger partial charge in [0.05, 0.1) is 41.8 Å². The first kappa shape index (κ1) is 21.7. The number of rotatable bonds is 5. The molecule has 1 N–H and O–H groups in total. The summed E-state index contributed by atoms with van der Waals surface area (Å²) >= 11 is 0. The number of carbonyl (C=O) groups excluding carboxylic acids is 1. The van der Waals surface area contributed by atoms with Crippen molar-refractivity contribution in [3.8, 4) is 5.69 Å². The predicted molar refractivity (Wildman–Crippen MR) is 124 cm³/mol. The number of hydrogen-bond acceptors (Lipinski definition) is 6. The predicted octanol–water partition coefficient (Wildman–Crippen LogP) is 1.92. The topological polar surface area (TPSA) is 111 Å². The summed E-state index contributed by atoms with van der Waals surface area (Å²) in [4.78, 5) is 32.1. The Labute approximate surface area is 199 Å². The van der Waals surface area contributed by atoms with Crippen LogP contribution in [0.3, 0.4) is 0 Å². The quantitative estimate of drug-likeness (QED) is 0.470. The summed E-state index contributed by atoms with van der Waals surface area (Å²) in [6.07, 6.45) is 9.11. The summed E-state index contributed by atoms with van der Waals surface area (Å²) in [6.45, 7) is 0.839. The van der Waals surface area contributed by atoms with Crippen molar-refractivity contribution in [3.63, 3.8) is 0 Å². The van der Waals surface area contributed by atoms with Gasteiger partial charge in [-0.2, -0.15) is 10.2 Å². The van der Waals surface area contributed by atoms with Crippen molar-refractivity contribution in [1.29, 1.82) is 0 Å². The van der Waals surface area contributed by atoms with E-state index < -0.39 is 5.60 Å². The normalized spacial score (nSPS) is 17.7.